The Kier molecular flexibility index (Phi) is 8.31. The van der Waals surface area contributed by atoms with Crippen molar-refractivity contribution < 1.29 is 28.3 Å². The van der Waals surface area contributed by atoms with Crippen LogP contribution in [0.4, 0.5) is 8.78 Å². The number of oxime groups is 1. The van der Waals surface area contributed by atoms with Crippen LogP contribution < -0.4 is 4.74 Å². The van der Waals surface area contributed by atoms with Gasteiger partial charge in [-0.25, -0.2) is 8.78 Å². The van der Waals surface area contributed by atoms with Gasteiger partial charge >= 0.3 is 5.97 Å². The van der Waals surface area contributed by atoms with Crippen molar-refractivity contribution in [2.24, 2.45) is 5.16 Å². The van der Waals surface area contributed by atoms with Crippen LogP contribution in [0, 0.1) is 11.6 Å². The number of benzene rings is 3. The minimum atomic E-state index is -0.908. The monoisotopic (exact) mass is 439 g/mol. The molecule has 0 aliphatic heterocycles. The smallest absolute Gasteiger partial charge is 0.307 e. The number of ether oxygens (including phenoxy) is 1. The molecule has 0 aliphatic rings. The highest BCUT2D eigenvalue weighted by atomic mass is 19.1. The third-order valence-electron chi connectivity index (χ3n) is 4.53. The lowest BCUT2D eigenvalue weighted by atomic mass is 10.0. The second kappa shape index (κ2) is 11.6. The number of nitrogens with zero attached hydrogens (tertiary/aromatic N) is 1. The normalized spacial score (nSPS) is 10.4. The molecule has 1 N–H and O–H groups in total. The number of halogens is 2. The van der Waals surface area contributed by atoms with Crippen LogP contribution in [-0.4, -0.2) is 30.0 Å². The molecule has 0 saturated heterocycles. The second-order valence-corrected chi connectivity index (χ2v) is 7.16. The topological polar surface area (TPSA) is 68.1 Å². The van der Waals surface area contributed by atoms with Crippen LogP contribution in [0.5, 0.6) is 5.75 Å². The van der Waals surface area contributed by atoms with Crippen molar-refractivity contribution in [1.29, 1.82) is 0 Å². The third-order valence-corrected chi connectivity index (χ3v) is 4.53. The largest absolute Gasteiger partial charge is 0.490 e. The summed E-state index contributed by atoms with van der Waals surface area (Å²) in [5.74, 6) is -0.984. The van der Waals surface area contributed by atoms with E-state index in [4.69, 9.17) is 14.7 Å². The minimum absolute atomic E-state index is 0.0753. The second-order valence-electron chi connectivity index (χ2n) is 7.16. The number of hydrogen-bond donors (Lipinski definition) is 1. The van der Waals surface area contributed by atoms with Gasteiger partial charge in [0, 0.05) is 12.8 Å². The van der Waals surface area contributed by atoms with Crippen LogP contribution >= 0.6 is 0 Å². The summed E-state index contributed by atoms with van der Waals surface area (Å²) in [4.78, 5) is 16.3. The number of rotatable bonds is 11. The summed E-state index contributed by atoms with van der Waals surface area (Å²) in [5, 5.41) is 13.1. The molecule has 166 valence electrons. The van der Waals surface area contributed by atoms with Crippen LogP contribution in [0.25, 0.3) is 0 Å². The first kappa shape index (κ1) is 22.9. The van der Waals surface area contributed by atoms with Gasteiger partial charge in [0.2, 0.25) is 0 Å². The maximum Gasteiger partial charge on any atom is 0.307 e. The maximum absolute atomic E-state index is 13.2. The van der Waals surface area contributed by atoms with E-state index in [9.17, 15) is 13.6 Å². The Morgan fingerprint density at radius 3 is 1.94 bits per heavy atom. The highest BCUT2D eigenvalue weighted by molar-refractivity contribution is 5.88. The molecule has 5 nitrogen and oxygen atoms in total. The molecular formula is C25H23F2NO4. The molecule has 0 amide bonds. The number of carbonyl (C=O) groups is 1. The summed E-state index contributed by atoms with van der Waals surface area (Å²) in [6, 6.07) is 19.1. The Hall–Kier alpha value is -3.74. The molecule has 0 radical (unpaired) electrons. The Morgan fingerprint density at radius 1 is 0.781 bits per heavy atom. The van der Waals surface area contributed by atoms with Crippen molar-refractivity contribution >= 4 is 11.7 Å². The van der Waals surface area contributed by atoms with E-state index in [0.29, 0.717) is 29.9 Å². The van der Waals surface area contributed by atoms with E-state index in [1.54, 1.807) is 48.5 Å². The van der Waals surface area contributed by atoms with Crippen LogP contribution in [0.15, 0.2) is 78.0 Å². The molecule has 0 atom stereocenters. The highest BCUT2D eigenvalue weighted by Crippen LogP contribution is 2.14. The van der Waals surface area contributed by atoms with Gasteiger partial charge in [-0.1, -0.05) is 41.6 Å². The van der Waals surface area contributed by atoms with E-state index in [0.717, 1.165) is 11.1 Å². The van der Waals surface area contributed by atoms with Gasteiger partial charge in [-0.15, -0.1) is 0 Å². The Morgan fingerprint density at radius 2 is 1.38 bits per heavy atom. The zero-order valence-electron chi connectivity index (χ0n) is 17.3. The van der Waals surface area contributed by atoms with E-state index < -0.39 is 5.97 Å². The zero-order chi connectivity index (χ0) is 22.8. The number of carboxylic acid groups (broad SMARTS) is 1. The number of hydrogen-bond acceptors (Lipinski definition) is 4. The first-order valence-corrected chi connectivity index (χ1v) is 10.1. The number of aliphatic carboxylic acids is 1. The molecule has 0 saturated carbocycles. The lowest BCUT2D eigenvalue weighted by Crippen LogP contribution is -2.11. The molecule has 0 aromatic heterocycles. The zero-order valence-corrected chi connectivity index (χ0v) is 17.3. The van der Waals surface area contributed by atoms with Gasteiger partial charge in [-0.3, -0.25) is 4.79 Å². The van der Waals surface area contributed by atoms with E-state index in [2.05, 4.69) is 5.16 Å². The first-order valence-electron chi connectivity index (χ1n) is 10.1. The van der Waals surface area contributed by atoms with Gasteiger partial charge in [0.1, 0.15) is 24.0 Å². The van der Waals surface area contributed by atoms with E-state index in [-0.39, 0.29) is 31.3 Å². The van der Waals surface area contributed by atoms with Gasteiger partial charge < -0.3 is 14.7 Å². The van der Waals surface area contributed by atoms with Gasteiger partial charge in [-0.2, -0.15) is 0 Å². The lowest BCUT2D eigenvalue weighted by Gasteiger charge is -2.09. The van der Waals surface area contributed by atoms with Gasteiger partial charge in [0.25, 0.3) is 0 Å². The SMILES string of the molecule is O=C(O)Cc1cccc(OCCON=C(Cc2ccc(F)cc2)Cc2ccc(F)cc2)c1. The van der Waals surface area contributed by atoms with Gasteiger partial charge in [0.15, 0.2) is 6.61 Å². The van der Waals surface area contributed by atoms with Crippen LogP contribution in [0.1, 0.15) is 16.7 Å². The summed E-state index contributed by atoms with van der Waals surface area (Å²) in [6.07, 6.45) is 0.833. The van der Waals surface area contributed by atoms with Gasteiger partial charge in [0.05, 0.1) is 12.1 Å². The predicted molar refractivity (Wildman–Crippen MR) is 117 cm³/mol. The fourth-order valence-corrected chi connectivity index (χ4v) is 3.06. The molecule has 0 heterocycles. The molecular weight excluding hydrogens is 416 g/mol. The van der Waals surface area contributed by atoms with Crippen molar-refractivity contribution in [3.8, 4) is 5.75 Å². The Bertz CT molecular complexity index is 1000. The lowest BCUT2D eigenvalue weighted by molar-refractivity contribution is -0.136. The number of carboxylic acids is 1. The molecule has 0 fully saturated rings. The molecule has 0 unspecified atom stereocenters. The van der Waals surface area contributed by atoms with Crippen molar-refractivity contribution in [3.05, 3.63) is 101 Å². The Labute approximate surface area is 184 Å². The van der Waals surface area contributed by atoms with Crippen molar-refractivity contribution in [2.75, 3.05) is 13.2 Å². The van der Waals surface area contributed by atoms with Crippen molar-refractivity contribution in [2.45, 2.75) is 19.3 Å². The molecule has 0 bridgehead atoms. The van der Waals surface area contributed by atoms with E-state index >= 15 is 0 Å². The average Bonchev–Trinajstić information content (AvgIpc) is 2.76. The van der Waals surface area contributed by atoms with E-state index in [1.165, 1.54) is 24.3 Å². The standard InChI is InChI=1S/C25H23F2NO4/c26-21-8-4-18(5-9-21)14-23(15-19-6-10-22(27)11-7-19)28-32-13-12-31-24-3-1-2-20(16-24)17-25(29)30/h1-11,16H,12-15,17H2,(H,29,30). The summed E-state index contributed by atoms with van der Waals surface area (Å²) >= 11 is 0. The maximum atomic E-state index is 13.2. The van der Waals surface area contributed by atoms with Crippen LogP contribution in [0.2, 0.25) is 0 Å². The van der Waals surface area contributed by atoms with Crippen LogP contribution in [0.3, 0.4) is 0 Å². The fourth-order valence-electron chi connectivity index (χ4n) is 3.06. The van der Waals surface area contributed by atoms with Gasteiger partial charge in [-0.05, 0) is 53.1 Å². The summed E-state index contributed by atoms with van der Waals surface area (Å²) in [6.45, 7) is 0.403. The minimum Gasteiger partial charge on any atom is -0.490 e. The predicted octanol–water partition coefficient (Wildman–Crippen LogP) is 4.83. The van der Waals surface area contributed by atoms with Crippen molar-refractivity contribution in [3.63, 3.8) is 0 Å². The third kappa shape index (κ3) is 7.83. The average molecular weight is 439 g/mol. The summed E-state index contributed by atoms with van der Waals surface area (Å²) in [7, 11) is 0. The molecule has 3 aromatic rings. The molecule has 0 aliphatic carbocycles. The Balaban J connectivity index is 1.57. The first-order chi connectivity index (χ1) is 15.5. The molecule has 32 heavy (non-hydrogen) atoms. The summed E-state index contributed by atoms with van der Waals surface area (Å²) in [5.41, 5.74) is 3.10. The molecule has 7 heteroatoms. The fraction of sp³-hybridized carbons (Fsp3) is 0.200. The van der Waals surface area contributed by atoms with Crippen LogP contribution in [-0.2, 0) is 28.9 Å². The van der Waals surface area contributed by atoms with E-state index in [1.807, 2.05) is 0 Å². The summed E-state index contributed by atoms with van der Waals surface area (Å²) < 4.78 is 32.0. The van der Waals surface area contributed by atoms with Crippen molar-refractivity contribution in [1.82, 2.24) is 0 Å². The molecule has 0 spiro atoms. The molecule has 3 rings (SSSR count). The quantitative estimate of drug-likeness (QED) is 0.264. The molecule has 3 aromatic carbocycles. The highest BCUT2D eigenvalue weighted by Gasteiger charge is 2.07.